The highest BCUT2D eigenvalue weighted by Gasteiger charge is 2.45. The van der Waals surface area contributed by atoms with Crippen molar-refractivity contribution in [2.75, 3.05) is 26.4 Å². The Kier molecular flexibility index (Phi) is 8.50. The third kappa shape index (κ3) is 5.31. The zero-order valence-corrected chi connectivity index (χ0v) is 16.8. The lowest BCUT2D eigenvalue weighted by Crippen LogP contribution is -2.59. The van der Waals surface area contributed by atoms with Crippen LogP contribution in [0.1, 0.15) is 26.7 Å². The number of ether oxygens (including phenoxy) is 2. The lowest BCUT2D eigenvalue weighted by molar-refractivity contribution is -0.305. The van der Waals surface area contributed by atoms with Crippen molar-refractivity contribution in [1.82, 2.24) is 0 Å². The molecule has 1 aliphatic carbocycles. The van der Waals surface area contributed by atoms with Crippen LogP contribution in [0.3, 0.4) is 0 Å². The van der Waals surface area contributed by atoms with Crippen LogP contribution in [0.2, 0.25) is 0 Å². The van der Waals surface area contributed by atoms with Crippen molar-refractivity contribution in [1.29, 1.82) is 0 Å². The van der Waals surface area contributed by atoms with Crippen LogP contribution in [0.4, 0.5) is 0 Å². The Hall–Kier alpha value is -1.17. The van der Waals surface area contributed by atoms with Crippen LogP contribution in [0.15, 0.2) is 23.3 Å². The maximum Gasteiger partial charge on any atom is 0.186 e. The minimum absolute atomic E-state index is 0.000452. The molecule has 0 aromatic heterocycles. The zero-order chi connectivity index (χ0) is 21.8. The van der Waals surface area contributed by atoms with Gasteiger partial charge in [-0.25, -0.2) is 0 Å². The van der Waals surface area contributed by atoms with Crippen molar-refractivity contribution in [3.05, 3.63) is 23.3 Å². The molecule has 166 valence electrons. The van der Waals surface area contributed by atoms with Gasteiger partial charge >= 0.3 is 0 Å². The minimum atomic E-state index is -1.53. The Labute approximate surface area is 169 Å². The normalized spacial score (nSPS) is 36.4. The highest BCUT2D eigenvalue weighted by atomic mass is 16.7. The van der Waals surface area contributed by atoms with Crippen LogP contribution < -0.4 is 0 Å². The number of hydrogen-bond acceptors (Lipinski definition) is 9. The van der Waals surface area contributed by atoms with E-state index in [2.05, 4.69) is 0 Å². The molecule has 9 heteroatoms. The molecule has 2 rings (SSSR count). The van der Waals surface area contributed by atoms with E-state index in [1.165, 1.54) is 0 Å². The molecule has 2 aliphatic rings. The highest BCUT2D eigenvalue weighted by molar-refractivity contribution is 5.97. The number of ketones is 1. The maximum absolute atomic E-state index is 12.2. The first-order valence-corrected chi connectivity index (χ1v) is 9.75. The summed E-state index contributed by atoms with van der Waals surface area (Å²) in [7, 11) is 0. The Balaban J connectivity index is 2.19. The standard InChI is InChI=1S/C20H32O9/c1-11-13(4-3-12(7-21)8-22)20(2,6-5-14(11)24)10-28-19-18(27)17(26)16(25)15(9-23)29-19/h3-4,12,15-19,21-23,25-27H,5-10H2,1-2H3. The average molecular weight is 416 g/mol. The molecule has 6 N–H and O–H groups in total. The molecule has 1 heterocycles. The van der Waals surface area contributed by atoms with Crippen LogP contribution in [0, 0.1) is 11.3 Å². The SMILES string of the molecule is CC1=C(C=CC(CO)CO)C(C)(COC2OC(CO)C(O)C(O)C2O)CCC1=O. The molecule has 1 saturated heterocycles. The van der Waals surface area contributed by atoms with Gasteiger partial charge in [0.1, 0.15) is 24.4 Å². The lowest BCUT2D eigenvalue weighted by Gasteiger charge is -2.42. The summed E-state index contributed by atoms with van der Waals surface area (Å²) in [5, 5.41) is 57.8. The van der Waals surface area contributed by atoms with Gasteiger partial charge < -0.3 is 40.1 Å². The number of allylic oxidation sites excluding steroid dienone is 2. The van der Waals surface area contributed by atoms with E-state index in [4.69, 9.17) is 9.47 Å². The predicted molar refractivity (Wildman–Crippen MR) is 102 cm³/mol. The second kappa shape index (κ2) is 10.2. The molecule has 1 aliphatic heterocycles. The van der Waals surface area contributed by atoms with E-state index in [1.807, 2.05) is 6.92 Å². The van der Waals surface area contributed by atoms with Gasteiger partial charge in [-0.2, -0.15) is 0 Å². The average Bonchev–Trinajstić information content (AvgIpc) is 2.71. The summed E-state index contributed by atoms with van der Waals surface area (Å²) in [4.78, 5) is 12.2. The van der Waals surface area contributed by atoms with Gasteiger partial charge in [-0.1, -0.05) is 19.1 Å². The van der Waals surface area contributed by atoms with E-state index in [0.717, 1.165) is 0 Å². The van der Waals surface area contributed by atoms with Crippen LogP contribution in [0.25, 0.3) is 0 Å². The Morgan fingerprint density at radius 1 is 1.17 bits per heavy atom. The van der Waals surface area contributed by atoms with E-state index in [1.54, 1.807) is 19.1 Å². The van der Waals surface area contributed by atoms with Gasteiger partial charge in [0.15, 0.2) is 12.1 Å². The molecule has 9 nitrogen and oxygen atoms in total. The number of aliphatic hydroxyl groups is 6. The van der Waals surface area contributed by atoms with Gasteiger partial charge in [-0.3, -0.25) is 4.79 Å². The van der Waals surface area contributed by atoms with Gasteiger partial charge in [0.05, 0.1) is 26.4 Å². The Morgan fingerprint density at radius 3 is 2.41 bits per heavy atom. The van der Waals surface area contributed by atoms with Gasteiger partial charge in [0.25, 0.3) is 0 Å². The molecule has 0 amide bonds. The minimum Gasteiger partial charge on any atom is -0.396 e. The third-order valence-corrected chi connectivity index (χ3v) is 5.80. The number of rotatable bonds is 8. The molecule has 0 aromatic rings. The summed E-state index contributed by atoms with van der Waals surface area (Å²) >= 11 is 0. The lowest BCUT2D eigenvalue weighted by atomic mass is 9.71. The summed E-state index contributed by atoms with van der Waals surface area (Å²) in [5.74, 6) is -0.456. The van der Waals surface area contributed by atoms with Crippen molar-refractivity contribution in [3.63, 3.8) is 0 Å². The first-order valence-electron chi connectivity index (χ1n) is 9.75. The summed E-state index contributed by atoms with van der Waals surface area (Å²) in [6.07, 6.45) is -2.67. The van der Waals surface area contributed by atoms with E-state index in [9.17, 15) is 35.4 Å². The number of carbonyl (C=O) groups is 1. The smallest absolute Gasteiger partial charge is 0.186 e. The Bertz CT molecular complexity index is 625. The second-order valence-corrected chi connectivity index (χ2v) is 8.02. The van der Waals surface area contributed by atoms with Crippen LogP contribution in [0.5, 0.6) is 0 Å². The van der Waals surface area contributed by atoms with Crippen molar-refractivity contribution in [3.8, 4) is 0 Å². The molecule has 0 aromatic carbocycles. The number of aliphatic hydroxyl groups excluding tert-OH is 6. The largest absolute Gasteiger partial charge is 0.396 e. The molecule has 0 bridgehead atoms. The summed E-state index contributed by atoms with van der Waals surface area (Å²) in [6, 6.07) is 0. The molecule has 0 radical (unpaired) electrons. The fourth-order valence-corrected chi connectivity index (χ4v) is 3.67. The first-order chi connectivity index (χ1) is 13.7. The van der Waals surface area contributed by atoms with Crippen molar-refractivity contribution in [2.45, 2.75) is 57.4 Å². The fraction of sp³-hybridized carbons (Fsp3) is 0.750. The van der Waals surface area contributed by atoms with E-state index in [0.29, 0.717) is 24.0 Å². The molecule has 6 atom stereocenters. The quantitative estimate of drug-likeness (QED) is 0.281. The third-order valence-electron chi connectivity index (χ3n) is 5.80. The Morgan fingerprint density at radius 2 is 1.83 bits per heavy atom. The second-order valence-electron chi connectivity index (χ2n) is 8.02. The summed E-state index contributed by atoms with van der Waals surface area (Å²) in [6.45, 7) is 2.63. The van der Waals surface area contributed by atoms with Crippen molar-refractivity contribution >= 4 is 5.78 Å². The molecular formula is C20H32O9. The number of carbonyl (C=O) groups excluding carboxylic acids is 1. The van der Waals surface area contributed by atoms with Crippen molar-refractivity contribution in [2.24, 2.45) is 11.3 Å². The van der Waals surface area contributed by atoms with Gasteiger partial charge in [-0.05, 0) is 24.5 Å². The maximum atomic E-state index is 12.2. The number of Topliss-reactive ketones (excluding diaryl/α,β-unsaturated/α-hetero) is 1. The topological polar surface area (TPSA) is 157 Å². The van der Waals surface area contributed by atoms with Gasteiger partial charge in [0.2, 0.25) is 0 Å². The van der Waals surface area contributed by atoms with Gasteiger partial charge in [0, 0.05) is 17.8 Å². The van der Waals surface area contributed by atoms with E-state index in [-0.39, 0.29) is 25.6 Å². The molecule has 0 spiro atoms. The van der Waals surface area contributed by atoms with Crippen molar-refractivity contribution < 1.29 is 44.9 Å². The van der Waals surface area contributed by atoms with E-state index >= 15 is 0 Å². The zero-order valence-electron chi connectivity index (χ0n) is 16.8. The van der Waals surface area contributed by atoms with Crippen LogP contribution in [-0.2, 0) is 14.3 Å². The highest BCUT2D eigenvalue weighted by Crippen LogP contribution is 2.41. The van der Waals surface area contributed by atoms with Crippen LogP contribution >= 0.6 is 0 Å². The van der Waals surface area contributed by atoms with Crippen LogP contribution in [-0.4, -0.2) is 93.6 Å². The predicted octanol–water partition coefficient (Wildman–Crippen LogP) is -1.35. The first kappa shape index (κ1) is 24.1. The molecule has 0 saturated carbocycles. The number of hydrogen-bond donors (Lipinski definition) is 6. The van der Waals surface area contributed by atoms with E-state index < -0.39 is 48.6 Å². The molecule has 29 heavy (non-hydrogen) atoms. The molecular weight excluding hydrogens is 384 g/mol. The summed E-state index contributed by atoms with van der Waals surface area (Å²) in [5.41, 5.74) is 0.634. The molecule has 6 unspecified atom stereocenters. The van der Waals surface area contributed by atoms with Gasteiger partial charge in [-0.15, -0.1) is 0 Å². The monoisotopic (exact) mass is 416 g/mol. The molecule has 1 fully saturated rings. The summed E-state index contributed by atoms with van der Waals surface area (Å²) < 4.78 is 11.1. The fourth-order valence-electron chi connectivity index (χ4n) is 3.67.